The van der Waals surface area contributed by atoms with Crippen molar-refractivity contribution >= 4 is 5.78 Å². The van der Waals surface area contributed by atoms with Gasteiger partial charge in [0, 0.05) is 12.8 Å². The molecule has 106 valence electrons. The molecule has 0 aromatic rings. The molecule has 0 amide bonds. The van der Waals surface area contributed by atoms with E-state index in [0.717, 1.165) is 38.5 Å². The van der Waals surface area contributed by atoms with Gasteiger partial charge in [-0.2, -0.15) is 0 Å². The topological polar surface area (TPSA) is 55.8 Å². The van der Waals surface area contributed by atoms with E-state index in [1.54, 1.807) is 6.92 Å². The Morgan fingerprint density at radius 3 is 2.63 bits per heavy atom. The monoisotopic (exact) mass is 266 g/mol. The van der Waals surface area contributed by atoms with Gasteiger partial charge in [0.05, 0.1) is 24.7 Å². The van der Waals surface area contributed by atoms with Gasteiger partial charge in [-0.1, -0.05) is 0 Å². The molecule has 1 saturated heterocycles. The Labute approximate surface area is 113 Å². The van der Waals surface area contributed by atoms with Crippen LogP contribution in [0.1, 0.15) is 45.4 Å². The predicted molar refractivity (Wildman–Crippen MR) is 67.4 cm³/mol. The van der Waals surface area contributed by atoms with Gasteiger partial charge in [-0.3, -0.25) is 4.79 Å². The summed E-state index contributed by atoms with van der Waals surface area (Å²) in [5.74, 6) is 0.321. The Bertz CT molecular complexity index is 428. The summed E-state index contributed by atoms with van der Waals surface area (Å²) in [6.07, 6.45) is 4.83. The average molecular weight is 266 g/mol. The molecule has 1 N–H and O–H groups in total. The smallest absolute Gasteiger partial charge is 0.169 e. The van der Waals surface area contributed by atoms with Crippen molar-refractivity contribution in [1.29, 1.82) is 0 Å². The van der Waals surface area contributed by atoms with Gasteiger partial charge in [-0.15, -0.1) is 0 Å². The molecule has 0 aromatic carbocycles. The summed E-state index contributed by atoms with van der Waals surface area (Å²) in [5, 5.41) is 10.5. The highest BCUT2D eigenvalue weighted by Crippen LogP contribution is 2.69. The van der Waals surface area contributed by atoms with E-state index in [1.165, 1.54) is 0 Å². The lowest BCUT2D eigenvalue weighted by atomic mass is 9.63. The lowest BCUT2D eigenvalue weighted by Gasteiger charge is -2.40. The van der Waals surface area contributed by atoms with Crippen LogP contribution >= 0.6 is 0 Å². The number of ether oxygens (including phenoxy) is 2. The van der Waals surface area contributed by atoms with Crippen LogP contribution in [0.15, 0.2) is 0 Å². The molecule has 2 spiro atoms. The van der Waals surface area contributed by atoms with Crippen molar-refractivity contribution < 1.29 is 19.4 Å². The van der Waals surface area contributed by atoms with Gasteiger partial charge in [0.15, 0.2) is 5.79 Å². The van der Waals surface area contributed by atoms with Crippen LogP contribution in [0.25, 0.3) is 0 Å². The van der Waals surface area contributed by atoms with E-state index in [4.69, 9.17) is 9.47 Å². The van der Waals surface area contributed by atoms with Crippen LogP contribution < -0.4 is 0 Å². The molecule has 1 heterocycles. The highest BCUT2D eigenvalue weighted by atomic mass is 16.7. The van der Waals surface area contributed by atoms with Gasteiger partial charge in [0.25, 0.3) is 0 Å². The molecular formula is C15H22O4. The highest BCUT2D eigenvalue weighted by Gasteiger charge is 2.68. The summed E-state index contributed by atoms with van der Waals surface area (Å²) in [6, 6.07) is 0. The number of carbonyl (C=O) groups excluding carboxylic acids is 1. The van der Waals surface area contributed by atoms with Gasteiger partial charge >= 0.3 is 0 Å². The number of fused-ring (bicyclic) bond motifs is 1. The van der Waals surface area contributed by atoms with E-state index in [0.29, 0.717) is 19.1 Å². The normalized spacial score (nSPS) is 50.6. The fraction of sp³-hybridized carbons (Fsp3) is 0.933. The minimum Gasteiger partial charge on any atom is -0.392 e. The van der Waals surface area contributed by atoms with Crippen LogP contribution in [-0.2, 0) is 14.3 Å². The van der Waals surface area contributed by atoms with E-state index >= 15 is 0 Å². The van der Waals surface area contributed by atoms with Gasteiger partial charge in [-0.25, -0.2) is 0 Å². The van der Waals surface area contributed by atoms with Crippen molar-refractivity contribution in [3.8, 4) is 0 Å². The van der Waals surface area contributed by atoms with Crippen LogP contribution in [0.4, 0.5) is 0 Å². The molecule has 19 heavy (non-hydrogen) atoms. The molecule has 3 aliphatic carbocycles. The summed E-state index contributed by atoms with van der Waals surface area (Å²) >= 11 is 0. The number of aliphatic hydroxyl groups excluding tert-OH is 1. The molecule has 4 fully saturated rings. The average Bonchev–Trinajstić information content (AvgIpc) is 2.97. The fourth-order valence-electron chi connectivity index (χ4n) is 5.54. The summed E-state index contributed by atoms with van der Waals surface area (Å²) in [7, 11) is 0. The number of aliphatic hydroxyl groups is 1. The van der Waals surface area contributed by atoms with Crippen molar-refractivity contribution in [3.63, 3.8) is 0 Å². The lowest BCUT2D eigenvalue weighted by molar-refractivity contribution is -0.157. The fourth-order valence-corrected chi connectivity index (χ4v) is 5.54. The quantitative estimate of drug-likeness (QED) is 0.784. The van der Waals surface area contributed by atoms with Crippen molar-refractivity contribution in [2.45, 2.75) is 57.3 Å². The van der Waals surface area contributed by atoms with Gasteiger partial charge in [0.2, 0.25) is 0 Å². The summed E-state index contributed by atoms with van der Waals surface area (Å²) in [5.41, 5.74) is -0.395. The summed E-state index contributed by atoms with van der Waals surface area (Å²) < 4.78 is 11.8. The molecule has 1 aliphatic heterocycles. The second-order valence-corrected chi connectivity index (χ2v) is 7.20. The zero-order chi connectivity index (χ0) is 13.3. The standard InChI is InChI=1S/C15H22O4/c1-10(16)14-3-2-11-6-15(18-4-5-19-15)9-13(11,8-14)7-12(14)17/h11-12,17H,2-9H2,1H3/t11-,12?,13?,14+/m0/s1. The van der Waals surface area contributed by atoms with Gasteiger partial charge < -0.3 is 14.6 Å². The van der Waals surface area contributed by atoms with Crippen LogP contribution in [-0.4, -0.2) is 36.0 Å². The first-order valence-corrected chi connectivity index (χ1v) is 7.47. The minimum absolute atomic E-state index is 0.0771. The maximum Gasteiger partial charge on any atom is 0.169 e. The Morgan fingerprint density at radius 1 is 1.21 bits per heavy atom. The third-order valence-electron chi connectivity index (χ3n) is 6.40. The number of carbonyl (C=O) groups is 1. The predicted octanol–water partition coefficient (Wildman–Crippen LogP) is 1.65. The van der Waals surface area contributed by atoms with Crippen molar-refractivity contribution in [2.24, 2.45) is 16.7 Å². The molecule has 4 rings (SSSR count). The van der Waals surface area contributed by atoms with Crippen molar-refractivity contribution in [1.82, 2.24) is 0 Å². The molecule has 2 unspecified atom stereocenters. The number of hydrogen-bond acceptors (Lipinski definition) is 4. The third kappa shape index (κ3) is 1.43. The van der Waals surface area contributed by atoms with E-state index in [2.05, 4.69) is 0 Å². The maximum absolute atomic E-state index is 12.1. The Balaban J connectivity index is 1.69. The molecule has 4 aliphatic rings. The van der Waals surface area contributed by atoms with Gasteiger partial charge in [0.1, 0.15) is 5.78 Å². The molecule has 0 radical (unpaired) electrons. The van der Waals surface area contributed by atoms with E-state index < -0.39 is 17.3 Å². The van der Waals surface area contributed by atoms with Gasteiger partial charge in [-0.05, 0) is 43.9 Å². The molecule has 4 atom stereocenters. The largest absolute Gasteiger partial charge is 0.392 e. The second kappa shape index (κ2) is 3.60. The van der Waals surface area contributed by atoms with Crippen LogP contribution in [0.5, 0.6) is 0 Å². The summed E-state index contributed by atoms with van der Waals surface area (Å²) in [4.78, 5) is 12.1. The number of Topliss-reactive ketones (excluding diaryl/α,β-unsaturated/α-hetero) is 1. The van der Waals surface area contributed by atoms with E-state index in [9.17, 15) is 9.90 Å². The van der Waals surface area contributed by atoms with Crippen LogP contribution in [0.3, 0.4) is 0 Å². The van der Waals surface area contributed by atoms with E-state index in [-0.39, 0.29) is 11.2 Å². The Kier molecular flexibility index (Phi) is 2.33. The first kappa shape index (κ1) is 12.3. The molecular weight excluding hydrogens is 244 g/mol. The zero-order valence-electron chi connectivity index (χ0n) is 11.5. The first-order chi connectivity index (χ1) is 9.00. The number of ketones is 1. The van der Waals surface area contributed by atoms with Crippen LogP contribution in [0.2, 0.25) is 0 Å². The second-order valence-electron chi connectivity index (χ2n) is 7.20. The first-order valence-electron chi connectivity index (χ1n) is 7.47. The third-order valence-corrected chi connectivity index (χ3v) is 6.40. The van der Waals surface area contributed by atoms with Crippen molar-refractivity contribution in [2.75, 3.05) is 13.2 Å². The SMILES string of the molecule is CC(=O)[C@]12CC[C@H]3CC4(CC3(CC1O)C2)OCCO4. The summed E-state index contributed by atoms with van der Waals surface area (Å²) in [6.45, 7) is 3.02. The van der Waals surface area contributed by atoms with E-state index in [1.807, 2.05) is 0 Å². The molecule has 0 aromatic heterocycles. The lowest BCUT2D eigenvalue weighted by Crippen LogP contribution is -2.40. The van der Waals surface area contributed by atoms with Crippen LogP contribution in [0, 0.1) is 16.7 Å². The molecule has 3 saturated carbocycles. The van der Waals surface area contributed by atoms with Crippen molar-refractivity contribution in [3.05, 3.63) is 0 Å². The molecule has 4 nitrogen and oxygen atoms in total. The minimum atomic E-state index is -0.472. The Morgan fingerprint density at radius 2 is 1.95 bits per heavy atom. The Hall–Kier alpha value is -0.450. The maximum atomic E-state index is 12.1. The molecule has 2 bridgehead atoms. The molecule has 4 heteroatoms. The highest BCUT2D eigenvalue weighted by molar-refractivity contribution is 5.83. The zero-order valence-corrected chi connectivity index (χ0v) is 11.5. The number of rotatable bonds is 1. The number of hydrogen-bond donors (Lipinski definition) is 1.